The molecule has 0 bridgehead atoms. The number of aliphatic hydroxyl groups excluding tert-OH is 1. The lowest BCUT2D eigenvalue weighted by atomic mass is 10.1. The Morgan fingerprint density at radius 2 is 1.95 bits per heavy atom. The molecule has 1 aliphatic rings. The van der Waals surface area contributed by atoms with E-state index in [9.17, 15) is 5.11 Å². The van der Waals surface area contributed by atoms with Gasteiger partial charge in [0.15, 0.2) is 0 Å². The summed E-state index contributed by atoms with van der Waals surface area (Å²) < 4.78 is 1.03. The zero-order chi connectivity index (χ0) is 13.4. The van der Waals surface area contributed by atoms with Gasteiger partial charge >= 0.3 is 0 Å². The zero-order valence-corrected chi connectivity index (χ0v) is 14.1. The van der Waals surface area contributed by atoms with E-state index in [1.807, 2.05) is 0 Å². The quantitative estimate of drug-likeness (QED) is 0.730. The molecule has 0 aliphatic heterocycles. The van der Waals surface area contributed by atoms with Crippen LogP contribution in [-0.2, 0) is 12.8 Å². The van der Waals surface area contributed by atoms with Crippen molar-refractivity contribution in [1.82, 2.24) is 0 Å². The van der Waals surface area contributed by atoms with E-state index < -0.39 is 6.10 Å². The van der Waals surface area contributed by atoms with E-state index in [2.05, 4.69) is 35.0 Å². The third-order valence-corrected chi connectivity index (χ3v) is 6.93. The summed E-state index contributed by atoms with van der Waals surface area (Å²) in [6, 6.07) is 4.32. The van der Waals surface area contributed by atoms with E-state index in [4.69, 9.17) is 0 Å². The molecule has 1 nitrogen and oxygen atoms in total. The lowest BCUT2D eigenvalue weighted by Gasteiger charge is -2.06. The van der Waals surface area contributed by atoms with Crippen molar-refractivity contribution in [2.75, 3.05) is 0 Å². The van der Waals surface area contributed by atoms with Gasteiger partial charge in [0.05, 0.1) is 4.88 Å². The fourth-order valence-electron chi connectivity index (χ4n) is 2.64. The molecule has 0 fully saturated rings. The highest BCUT2D eigenvalue weighted by Gasteiger charge is 2.21. The van der Waals surface area contributed by atoms with E-state index in [-0.39, 0.29) is 0 Å². The second-order valence-corrected chi connectivity index (χ2v) is 8.44. The molecule has 0 spiro atoms. The molecule has 0 radical (unpaired) electrons. The van der Waals surface area contributed by atoms with Crippen molar-refractivity contribution in [2.45, 2.75) is 45.1 Å². The molecule has 0 saturated carbocycles. The van der Waals surface area contributed by atoms with Crippen LogP contribution in [0.2, 0.25) is 0 Å². The van der Waals surface area contributed by atoms with Gasteiger partial charge < -0.3 is 5.11 Å². The third-order valence-electron chi connectivity index (χ3n) is 3.62. The predicted octanol–water partition coefficient (Wildman–Crippen LogP) is 5.23. The summed E-state index contributed by atoms with van der Waals surface area (Å²) in [5.74, 6) is 0. The molecule has 1 aliphatic carbocycles. The summed E-state index contributed by atoms with van der Waals surface area (Å²) in [6.07, 6.45) is 5.84. The highest BCUT2D eigenvalue weighted by molar-refractivity contribution is 9.10. The molecule has 1 atom stereocenters. The van der Waals surface area contributed by atoms with Crippen molar-refractivity contribution in [3.05, 3.63) is 41.7 Å². The minimum atomic E-state index is -0.468. The lowest BCUT2D eigenvalue weighted by molar-refractivity contribution is 0.227. The van der Waals surface area contributed by atoms with Crippen LogP contribution in [0.25, 0.3) is 0 Å². The molecule has 4 heteroatoms. The van der Waals surface area contributed by atoms with Crippen LogP contribution in [0.1, 0.15) is 50.4 Å². The fourth-order valence-corrected chi connectivity index (χ4v) is 5.84. The summed E-state index contributed by atoms with van der Waals surface area (Å²) in [5, 5.41) is 10.6. The normalized spacial score (nSPS) is 17.0. The Labute approximate surface area is 130 Å². The van der Waals surface area contributed by atoms with Crippen molar-refractivity contribution in [3.8, 4) is 0 Å². The second-order valence-electron chi connectivity index (χ2n) is 5.13. The largest absolute Gasteiger partial charge is 0.382 e. The first-order chi connectivity index (χ1) is 9.15. The van der Waals surface area contributed by atoms with Crippen LogP contribution in [0.15, 0.2) is 16.6 Å². The van der Waals surface area contributed by atoms with Gasteiger partial charge in [0.2, 0.25) is 0 Å². The number of thiophene rings is 2. The molecule has 3 rings (SSSR count). The Morgan fingerprint density at radius 3 is 2.68 bits per heavy atom. The van der Waals surface area contributed by atoms with E-state index in [0.717, 1.165) is 14.2 Å². The molecular formula is C15H17BrOS2. The number of fused-ring (bicyclic) bond motifs is 1. The van der Waals surface area contributed by atoms with E-state index in [0.29, 0.717) is 0 Å². The van der Waals surface area contributed by atoms with Gasteiger partial charge in [0, 0.05) is 19.1 Å². The SMILES string of the molecule is Cc1cc(Br)c(C(O)c2cc3c(s2)CCCCC3)s1. The van der Waals surface area contributed by atoms with E-state index in [1.165, 1.54) is 47.4 Å². The van der Waals surface area contributed by atoms with Gasteiger partial charge in [0.1, 0.15) is 6.10 Å². The Morgan fingerprint density at radius 1 is 1.16 bits per heavy atom. The summed E-state index contributed by atoms with van der Waals surface area (Å²) in [6.45, 7) is 2.08. The first kappa shape index (κ1) is 13.8. The highest BCUT2D eigenvalue weighted by Crippen LogP contribution is 2.40. The topological polar surface area (TPSA) is 20.2 Å². The van der Waals surface area contributed by atoms with Crippen LogP contribution in [0, 0.1) is 6.92 Å². The summed E-state index contributed by atoms with van der Waals surface area (Å²) in [4.78, 5) is 4.87. The number of hydrogen-bond acceptors (Lipinski definition) is 3. The smallest absolute Gasteiger partial charge is 0.123 e. The van der Waals surface area contributed by atoms with Crippen LogP contribution < -0.4 is 0 Å². The Kier molecular flexibility index (Phi) is 4.13. The minimum Gasteiger partial charge on any atom is -0.382 e. The van der Waals surface area contributed by atoms with Gasteiger partial charge in [-0.05, 0) is 66.2 Å². The van der Waals surface area contributed by atoms with Gasteiger partial charge in [-0.15, -0.1) is 22.7 Å². The molecule has 2 aromatic rings. The van der Waals surface area contributed by atoms with Crippen molar-refractivity contribution in [1.29, 1.82) is 0 Å². The predicted molar refractivity (Wildman–Crippen MR) is 86.4 cm³/mol. The van der Waals surface area contributed by atoms with Crippen LogP contribution >= 0.6 is 38.6 Å². The van der Waals surface area contributed by atoms with Crippen molar-refractivity contribution >= 4 is 38.6 Å². The van der Waals surface area contributed by atoms with Crippen molar-refractivity contribution in [2.24, 2.45) is 0 Å². The van der Waals surface area contributed by atoms with Gasteiger partial charge in [-0.3, -0.25) is 0 Å². The van der Waals surface area contributed by atoms with Gasteiger partial charge in [-0.1, -0.05) is 6.42 Å². The molecule has 0 aromatic carbocycles. The molecule has 0 saturated heterocycles. The molecular weight excluding hydrogens is 340 g/mol. The first-order valence-corrected chi connectivity index (χ1v) is 9.13. The number of aryl methyl sites for hydroxylation is 3. The van der Waals surface area contributed by atoms with Gasteiger partial charge in [0.25, 0.3) is 0 Å². The number of halogens is 1. The number of aliphatic hydroxyl groups is 1. The fraction of sp³-hybridized carbons (Fsp3) is 0.467. The number of rotatable bonds is 2. The van der Waals surface area contributed by atoms with Crippen LogP contribution in [0.5, 0.6) is 0 Å². The highest BCUT2D eigenvalue weighted by atomic mass is 79.9. The molecule has 1 unspecified atom stereocenters. The van der Waals surface area contributed by atoms with Crippen LogP contribution in [-0.4, -0.2) is 5.11 Å². The minimum absolute atomic E-state index is 0.468. The Balaban J connectivity index is 1.92. The zero-order valence-electron chi connectivity index (χ0n) is 10.9. The maximum atomic E-state index is 10.6. The maximum absolute atomic E-state index is 10.6. The lowest BCUT2D eigenvalue weighted by Crippen LogP contribution is -1.94. The molecule has 19 heavy (non-hydrogen) atoms. The summed E-state index contributed by atoms with van der Waals surface area (Å²) >= 11 is 7.04. The van der Waals surface area contributed by atoms with Gasteiger partial charge in [-0.25, -0.2) is 0 Å². The molecule has 102 valence electrons. The number of hydrogen-bond donors (Lipinski definition) is 1. The second kappa shape index (κ2) is 5.68. The van der Waals surface area contributed by atoms with Gasteiger partial charge in [-0.2, -0.15) is 0 Å². The Hall–Kier alpha value is -0.160. The summed E-state index contributed by atoms with van der Waals surface area (Å²) in [7, 11) is 0. The van der Waals surface area contributed by atoms with E-state index >= 15 is 0 Å². The van der Waals surface area contributed by atoms with Crippen LogP contribution in [0.4, 0.5) is 0 Å². The average molecular weight is 357 g/mol. The van der Waals surface area contributed by atoms with Crippen LogP contribution in [0.3, 0.4) is 0 Å². The molecule has 2 heterocycles. The van der Waals surface area contributed by atoms with Crippen molar-refractivity contribution in [3.63, 3.8) is 0 Å². The Bertz CT molecular complexity index is 561. The molecule has 1 N–H and O–H groups in total. The average Bonchev–Trinajstić information content (AvgIpc) is 2.85. The third kappa shape index (κ3) is 2.82. The molecule has 0 amide bonds. The van der Waals surface area contributed by atoms with E-state index in [1.54, 1.807) is 22.7 Å². The standard InChI is InChI=1S/C15H17BrOS2/c1-9-7-11(16)15(18-9)14(17)13-8-10-5-3-2-4-6-12(10)19-13/h7-8,14,17H,2-6H2,1H3. The summed E-state index contributed by atoms with van der Waals surface area (Å²) in [5.41, 5.74) is 1.47. The monoisotopic (exact) mass is 356 g/mol. The molecule has 2 aromatic heterocycles. The maximum Gasteiger partial charge on any atom is 0.123 e. The first-order valence-electron chi connectivity index (χ1n) is 6.70. The van der Waals surface area contributed by atoms with Crippen molar-refractivity contribution < 1.29 is 5.11 Å².